The fourth-order valence-corrected chi connectivity index (χ4v) is 0.818. The number of nitrogens with two attached hydrogens (primary N) is 1. The molecule has 4 heteroatoms. The van der Waals surface area contributed by atoms with Gasteiger partial charge in [-0.3, -0.25) is 0 Å². The smallest absolute Gasteiger partial charge is 0.0884 e. The Bertz CT molecular complexity index is 97.0. The summed E-state index contributed by atoms with van der Waals surface area (Å²) in [5, 5.41) is 0. The topological polar surface area (TPSA) is 55.1 Å². The molecule has 3 nitrogen and oxygen atoms in total. The molecule has 2 atom stereocenters. The standard InChI is InChI=1S/C5H14N2OS/c1-3-5(6)4-7-9(2)8/h5,7H,3-4,6H2,1-2H3. The van der Waals surface area contributed by atoms with Gasteiger partial charge in [0, 0.05) is 18.8 Å². The van der Waals surface area contributed by atoms with Crippen molar-refractivity contribution in [2.45, 2.75) is 19.4 Å². The minimum absolute atomic E-state index is 0.133. The van der Waals surface area contributed by atoms with Crippen LogP contribution < -0.4 is 10.5 Å². The van der Waals surface area contributed by atoms with Crippen LogP contribution in [-0.2, 0) is 11.0 Å². The van der Waals surface area contributed by atoms with Crippen molar-refractivity contribution in [3.63, 3.8) is 0 Å². The maximum Gasteiger partial charge on any atom is 0.0884 e. The van der Waals surface area contributed by atoms with Gasteiger partial charge in [-0.05, 0) is 6.42 Å². The Labute approximate surface area is 58.6 Å². The summed E-state index contributed by atoms with van der Waals surface area (Å²) in [7, 11) is -0.918. The molecule has 0 amide bonds. The third-order valence-electron chi connectivity index (χ3n) is 1.07. The number of rotatable bonds is 4. The molecule has 0 saturated heterocycles. The highest BCUT2D eigenvalue weighted by Gasteiger charge is 1.97. The molecule has 0 spiro atoms. The predicted octanol–water partition coefficient (Wildman–Crippen LogP) is -0.393. The van der Waals surface area contributed by atoms with E-state index in [1.165, 1.54) is 0 Å². The van der Waals surface area contributed by atoms with E-state index in [1.54, 1.807) is 6.26 Å². The molecule has 0 aliphatic rings. The molecule has 0 saturated carbocycles. The van der Waals surface area contributed by atoms with E-state index in [9.17, 15) is 4.21 Å². The van der Waals surface area contributed by atoms with Crippen molar-refractivity contribution in [2.24, 2.45) is 5.73 Å². The Morgan fingerprint density at radius 1 is 1.78 bits per heavy atom. The first kappa shape index (κ1) is 9.07. The second kappa shape index (κ2) is 4.90. The van der Waals surface area contributed by atoms with Crippen molar-refractivity contribution in [1.82, 2.24) is 4.72 Å². The largest absolute Gasteiger partial charge is 0.327 e. The highest BCUT2D eigenvalue weighted by molar-refractivity contribution is 7.82. The molecule has 0 aromatic heterocycles. The van der Waals surface area contributed by atoms with Gasteiger partial charge in [-0.25, -0.2) is 8.93 Å². The summed E-state index contributed by atoms with van der Waals surface area (Å²) >= 11 is 0. The molecule has 56 valence electrons. The van der Waals surface area contributed by atoms with E-state index in [2.05, 4.69) is 4.72 Å². The molecule has 0 aliphatic heterocycles. The van der Waals surface area contributed by atoms with Gasteiger partial charge in [0.05, 0.1) is 11.0 Å². The fourth-order valence-electron chi connectivity index (χ4n) is 0.369. The van der Waals surface area contributed by atoms with Crippen molar-refractivity contribution in [3.05, 3.63) is 0 Å². The first-order valence-electron chi connectivity index (χ1n) is 2.99. The molecule has 0 fully saturated rings. The molecule has 0 bridgehead atoms. The number of nitrogens with one attached hydrogen (secondary N) is 1. The number of hydrogen-bond acceptors (Lipinski definition) is 2. The summed E-state index contributed by atoms with van der Waals surface area (Å²) in [5.41, 5.74) is 5.52. The van der Waals surface area contributed by atoms with Gasteiger partial charge in [-0.2, -0.15) is 0 Å². The Balaban J connectivity index is 3.16. The predicted molar refractivity (Wildman–Crippen MR) is 40.3 cm³/mol. The maximum atomic E-state index is 10.4. The Morgan fingerprint density at radius 3 is 2.67 bits per heavy atom. The van der Waals surface area contributed by atoms with Gasteiger partial charge in [-0.15, -0.1) is 0 Å². The summed E-state index contributed by atoms with van der Waals surface area (Å²) in [6.07, 6.45) is 2.52. The maximum absolute atomic E-state index is 10.4. The van der Waals surface area contributed by atoms with E-state index in [-0.39, 0.29) is 6.04 Å². The highest BCUT2D eigenvalue weighted by Crippen LogP contribution is 1.81. The molecule has 3 N–H and O–H groups in total. The van der Waals surface area contributed by atoms with Gasteiger partial charge in [0.25, 0.3) is 0 Å². The SMILES string of the molecule is CCC(N)CNS(C)=O. The summed E-state index contributed by atoms with van der Waals surface area (Å²) < 4.78 is 13.2. The molecule has 0 aliphatic carbocycles. The van der Waals surface area contributed by atoms with Crippen LogP contribution >= 0.6 is 0 Å². The summed E-state index contributed by atoms with van der Waals surface area (Å²) in [6.45, 7) is 2.64. The van der Waals surface area contributed by atoms with E-state index in [1.807, 2.05) is 6.92 Å². The molecule has 0 heterocycles. The van der Waals surface area contributed by atoms with Crippen LogP contribution in [0.4, 0.5) is 0 Å². The van der Waals surface area contributed by atoms with E-state index >= 15 is 0 Å². The van der Waals surface area contributed by atoms with Crippen molar-refractivity contribution in [3.8, 4) is 0 Å². The molecule has 0 rings (SSSR count). The van der Waals surface area contributed by atoms with Crippen LogP contribution in [0.2, 0.25) is 0 Å². The van der Waals surface area contributed by atoms with Crippen LogP contribution in [0.5, 0.6) is 0 Å². The van der Waals surface area contributed by atoms with Crippen LogP contribution in [-0.4, -0.2) is 23.1 Å². The quantitative estimate of drug-likeness (QED) is 0.573. The third kappa shape index (κ3) is 5.95. The van der Waals surface area contributed by atoms with Gasteiger partial charge in [0.1, 0.15) is 0 Å². The van der Waals surface area contributed by atoms with Crippen LogP contribution in [0.3, 0.4) is 0 Å². The molecule has 9 heavy (non-hydrogen) atoms. The zero-order valence-corrected chi connectivity index (χ0v) is 6.70. The van der Waals surface area contributed by atoms with E-state index < -0.39 is 11.0 Å². The van der Waals surface area contributed by atoms with Crippen LogP contribution in [0.25, 0.3) is 0 Å². The van der Waals surface area contributed by atoms with Gasteiger partial charge in [0.15, 0.2) is 0 Å². The molecule has 0 aromatic carbocycles. The number of hydrogen-bond donors (Lipinski definition) is 2. The van der Waals surface area contributed by atoms with Crippen LogP contribution in [0, 0.1) is 0 Å². The van der Waals surface area contributed by atoms with Crippen molar-refractivity contribution >= 4 is 11.0 Å². The Hall–Kier alpha value is 0.0700. The normalized spacial score (nSPS) is 17.2. The minimum atomic E-state index is -0.918. The lowest BCUT2D eigenvalue weighted by Crippen LogP contribution is -2.33. The summed E-state index contributed by atoms with van der Waals surface area (Å²) in [4.78, 5) is 0. The van der Waals surface area contributed by atoms with Gasteiger partial charge in [-0.1, -0.05) is 6.92 Å². The van der Waals surface area contributed by atoms with Crippen molar-refractivity contribution < 1.29 is 4.21 Å². The van der Waals surface area contributed by atoms with Gasteiger partial charge < -0.3 is 5.73 Å². The fraction of sp³-hybridized carbons (Fsp3) is 1.00. The van der Waals surface area contributed by atoms with E-state index in [4.69, 9.17) is 5.73 Å². The summed E-state index contributed by atoms with van der Waals surface area (Å²) in [5.74, 6) is 0. The second-order valence-corrected chi connectivity index (χ2v) is 3.17. The van der Waals surface area contributed by atoms with E-state index in [0.717, 1.165) is 6.42 Å². The lowest BCUT2D eigenvalue weighted by molar-refractivity contribution is 0.622. The molecular weight excluding hydrogens is 136 g/mol. The average molecular weight is 150 g/mol. The second-order valence-electron chi connectivity index (χ2n) is 1.97. The Kier molecular flexibility index (Phi) is 4.94. The van der Waals surface area contributed by atoms with Crippen LogP contribution in [0.15, 0.2) is 0 Å². The molecular formula is C5H14N2OS. The van der Waals surface area contributed by atoms with Gasteiger partial charge >= 0.3 is 0 Å². The lowest BCUT2D eigenvalue weighted by Gasteiger charge is -2.06. The molecule has 2 unspecified atom stereocenters. The zero-order chi connectivity index (χ0) is 7.28. The highest BCUT2D eigenvalue weighted by atomic mass is 32.2. The zero-order valence-electron chi connectivity index (χ0n) is 5.89. The van der Waals surface area contributed by atoms with E-state index in [0.29, 0.717) is 6.54 Å². The monoisotopic (exact) mass is 150 g/mol. The van der Waals surface area contributed by atoms with Gasteiger partial charge in [0.2, 0.25) is 0 Å². The lowest BCUT2D eigenvalue weighted by atomic mass is 10.2. The first-order valence-corrected chi connectivity index (χ1v) is 4.55. The Morgan fingerprint density at radius 2 is 2.33 bits per heavy atom. The average Bonchev–Trinajstić information content (AvgIpc) is 1.83. The molecule has 0 aromatic rings. The molecule has 0 radical (unpaired) electrons. The van der Waals surface area contributed by atoms with Crippen molar-refractivity contribution in [1.29, 1.82) is 0 Å². The van der Waals surface area contributed by atoms with Crippen LogP contribution in [0.1, 0.15) is 13.3 Å². The third-order valence-corrected chi connectivity index (χ3v) is 1.65. The summed E-state index contributed by atoms with van der Waals surface area (Å²) in [6, 6.07) is 0.133. The minimum Gasteiger partial charge on any atom is -0.327 e. The first-order chi connectivity index (χ1) is 4.16. The van der Waals surface area contributed by atoms with Crippen molar-refractivity contribution in [2.75, 3.05) is 12.8 Å².